The van der Waals surface area contributed by atoms with E-state index in [9.17, 15) is 35.9 Å². The number of nitrogens with one attached hydrogen (secondary N) is 2. The van der Waals surface area contributed by atoms with Crippen molar-refractivity contribution < 1.29 is 35.9 Å². The van der Waals surface area contributed by atoms with Crippen LogP contribution in [0.1, 0.15) is 34.5 Å². The lowest BCUT2D eigenvalue weighted by Crippen LogP contribution is -2.56. The number of rotatable bonds is 5. The van der Waals surface area contributed by atoms with Gasteiger partial charge in [0.1, 0.15) is 11.5 Å². The van der Waals surface area contributed by atoms with Gasteiger partial charge in [0.15, 0.2) is 0 Å². The summed E-state index contributed by atoms with van der Waals surface area (Å²) in [4.78, 5) is 28.5. The van der Waals surface area contributed by atoms with Crippen molar-refractivity contribution in [3.63, 3.8) is 0 Å². The summed E-state index contributed by atoms with van der Waals surface area (Å²) in [5.74, 6) is -5.09. The second-order valence-corrected chi connectivity index (χ2v) is 8.21. The minimum Gasteiger partial charge on any atom is -0.325 e. The van der Waals surface area contributed by atoms with Crippen LogP contribution in [0.4, 0.5) is 37.7 Å². The number of amides is 2. The van der Waals surface area contributed by atoms with Crippen molar-refractivity contribution >= 4 is 23.2 Å². The van der Waals surface area contributed by atoms with E-state index in [1.165, 1.54) is 36.4 Å². The molecule has 1 saturated carbocycles. The Kier molecular flexibility index (Phi) is 6.04. The molecule has 1 aliphatic carbocycles. The molecule has 0 unspecified atom stereocenters. The third kappa shape index (κ3) is 5.13. The van der Waals surface area contributed by atoms with Gasteiger partial charge in [-0.1, -0.05) is 12.1 Å². The van der Waals surface area contributed by atoms with Crippen molar-refractivity contribution in [2.45, 2.75) is 30.4 Å². The van der Waals surface area contributed by atoms with Crippen LogP contribution in [0, 0.1) is 5.82 Å². The first-order chi connectivity index (χ1) is 16.4. The van der Waals surface area contributed by atoms with Gasteiger partial charge in [0.2, 0.25) is 5.91 Å². The topological polar surface area (TPSA) is 71.1 Å². The predicted octanol–water partition coefficient (Wildman–Crippen LogP) is 5.80. The lowest BCUT2D eigenvalue weighted by molar-refractivity contribution is -0.154. The molecule has 1 aliphatic rings. The molecule has 35 heavy (non-hydrogen) atoms. The van der Waals surface area contributed by atoms with Gasteiger partial charge in [0.05, 0.1) is 5.41 Å². The van der Waals surface area contributed by atoms with Gasteiger partial charge in [0, 0.05) is 36.0 Å². The quantitative estimate of drug-likeness (QED) is 0.442. The Balaban J connectivity index is 1.52. The molecule has 182 valence electrons. The van der Waals surface area contributed by atoms with Crippen LogP contribution >= 0.6 is 0 Å². The largest absolute Gasteiger partial charge is 0.433 e. The summed E-state index contributed by atoms with van der Waals surface area (Å²) in [5, 5.41) is 4.95. The molecular weight excluding hydrogens is 476 g/mol. The number of carbonyl (C=O) groups is 2. The highest BCUT2D eigenvalue weighted by atomic mass is 19.4. The number of hydrogen-bond donors (Lipinski definition) is 2. The van der Waals surface area contributed by atoms with Gasteiger partial charge in [-0.15, -0.1) is 0 Å². The zero-order chi connectivity index (χ0) is 25.4. The van der Waals surface area contributed by atoms with Crippen molar-refractivity contribution in [1.29, 1.82) is 0 Å². The summed E-state index contributed by atoms with van der Waals surface area (Å²) in [6.45, 7) is 0. The lowest BCUT2D eigenvalue weighted by atomic mass is 9.61. The molecule has 1 aromatic heterocycles. The highest BCUT2D eigenvalue weighted by Crippen LogP contribution is 2.54. The molecule has 0 aliphatic heterocycles. The second-order valence-electron chi connectivity index (χ2n) is 8.21. The zero-order valence-corrected chi connectivity index (χ0v) is 17.8. The number of carbonyl (C=O) groups excluding carboxylic acids is 2. The fourth-order valence-corrected chi connectivity index (χ4v) is 3.91. The van der Waals surface area contributed by atoms with Gasteiger partial charge in [-0.05, 0) is 54.1 Å². The van der Waals surface area contributed by atoms with Gasteiger partial charge >= 0.3 is 6.18 Å². The van der Waals surface area contributed by atoms with Gasteiger partial charge in [-0.3, -0.25) is 14.6 Å². The summed E-state index contributed by atoms with van der Waals surface area (Å²) in [6, 6.07) is 12.1. The van der Waals surface area contributed by atoms with Gasteiger partial charge in [-0.2, -0.15) is 13.2 Å². The Hall–Kier alpha value is -3.89. The maximum Gasteiger partial charge on any atom is 0.433 e. The number of hydrogen-bond acceptors (Lipinski definition) is 3. The Bertz CT molecular complexity index is 1250. The van der Waals surface area contributed by atoms with Crippen molar-refractivity contribution in [2.24, 2.45) is 0 Å². The standard InChI is InChI=1S/C24H17F6N3O2/c25-16-3-7-18(8-4-16)33-21(35)22(12-23(26,27)13-22)15-1-5-17(6-2-15)32-20(34)14-9-10-31-19(11-14)24(28,29)30/h1-11H,12-13H2,(H,32,34)(H,33,35). The monoisotopic (exact) mass is 493 g/mol. The predicted molar refractivity (Wildman–Crippen MR) is 115 cm³/mol. The molecule has 4 rings (SSSR count). The average Bonchev–Trinajstić information content (AvgIpc) is 2.78. The smallest absolute Gasteiger partial charge is 0.325 e. The molecule has 3 aromatic rings. The number of benzene rings is 2. The molecule has 0 bridgehead atoms. The third-order valence-electron chi connectivity index (χ3n) is 5.67. The Morgan fingerprint density at radius 1 is 0.857 bits per heavy atom. The van der Waals surface area contributed by atoms with Gasteiger partial charge in [0.25, 0.3) is 11.8 Å². The average molecular weight is 493 g/mol. The first kappa shape index (κ1) is 24.2. The van der Waals surface area contributed by atoms with Crippen LogP contribution in [0.25, 0.3) is 0 Å². The van der Waals surface area contributed by atoms with E-state index < -0.39 is 53.7 Å². The molecule has 0 radical (unpaired) electrons. The van der Waals surface area contributed by atoms with Crippen LogP contribution in [0.3, 0.4) is 0 Å². The van der Waals surface area contributed by atoms with E-state index in [0.29, 0.717) is 6.07 Å². The fourth-order valence-electron chi connectivity index (χ4n) is 3.91. The molecular formula is C24H17F6N3O2. The Labute approximate surface area is 195 Å². The molecule has 5 nitrogen and oxygen atoms in total. The number of nitrogens with zero attached hydrogens (tertiary/aromatic N) is 1. The van der Waals surface area contributed by atoms with Crippen molar-refractivity contribution in [3.05, 3.63) is 89.5 Å². The van der Waals surface area contributed by atoms with E-state index in [-0.39, 0.29) is 22.5 Å². The molecule has 0 spiro atoms. The molecule has 2 amide bonds. The van der Waals surface area contributed by atoms with Crippen LogP contribution < -0.4 is 10.6 Å². The maximum atomic E-state index is 13.9. The minimum absolute atomic E-state index is 0.185. The molecule has 2 aromatic carbocycles. The molecule has 1 heterocycles. The summed E-state index contributed by atoms with van der Waals surface area (Å²) in [5.41, 5.74) is -2.35. The number of halogens is 6. The first-order valence-corrected chi connectivity index (χ1v) is 10.3. The number of pyridine rings is 1. The normalized spacial score (nSPS) is 16.2. The SMILES string of the molecule is O=C(Nc1ccc(C2(C(=O)Nc3ccc(F)cc3)CC(F)(F)C2)cc1)c1ccnc(C(F)(F)F)c1. The summed E-state index contributed by atoms with van der Waals surface area (Å²) >= 11 is 0. The fraction of sp³-hybridized carbons (Fsp3) is 0.208. The molecule has 0 saturated heterocycles. The number of aromatic nitrogens is 1. The number of anilines is 2. The highest BCUT2D eigenvalue weighted by Gasteiger charge is 2.61. The Morgan fingerprint density at radius 3 is 2.00 bits per heavy atom. The van der Waals surface area contributed by atoms with Crippen molar-refractivity contribution in [1.82, 2.24) is 4.98 Å². The minimum atomic E-state index is -4.72. The van der Waals surface area contributed by atoms with E-state index >= 15 is 0 Å². The van der Waals surface area contributed by atoms with Crippen LogP contribution in [-0.4, -0.2) is 22.7 Å². The summed E-state index contributed by atoms with van der Waals surface area (Å²) < 4.78 is 79.3. The molecule has 11 heteroatoms. The van der Waals surface area contributed by atoms with Gasteiger partial charge < -0.3 is 10.6 Å². The van der Waals surface area contributed by atoms with E-state index in [4.69, 9.17) is 0 Å². The van der Waals surface area contributed by atoms with Crippen molar-refractivity contribution in [3.8, 4) is 0 Å². The van der Waals surface area contributed by atoms with Gasteiger partial charge in [-0.25, -0.2) is 13.2 Å². The van der Waals surface area contributed by atoms with Crippen LogP contribution in [0.2, 0.25) is 0 Å². The number of alkyl halides is 5. The summed E-state index contributed by atoms with van der Waals surface area (Å²) in [6.07, 6.45) is -5.33. The maximum absolute atomic E-state index is 13.9. The molecule has 1 fully saturated rings. The Morgan fingerprint density at radius 2 is 1.43 bits per heavy atom. The van der Waals surface area contributed by atoms with Crippen molar-refractivity contribution in [2.75, 3.05) is 10.6 Å². The first-order valence-electron chi connectivity index (χ1n) is 10.3. The highest BCUT2D eigenvalue weighted by molar-refractivity contribution is 6.04. The molecule has 2 N–H and O–H groups in total. The van der Waals surface area contributed by atoms with Crippen LogP contribution in [0.5, 0.6) is 0 Å². The van der Waals surface area contributed by atoms with Crippen LogP contribution in [-0.2, 0) is 16.4 Å². The molecule has 0 atom stereocenters. The van der Waals surface area contributed by atoms with E-state index in [1.54, 1.807) is 0 Å². The lowest BCUT2D eigenvalue weighted by Gasteiger charge is -2.46. The third-order valence-corrected chi connectivity index (χ3v) is 5.67. The van der Waals surface area contributed by atoms with E-state index in [2.05, 4.69) is 15.6 Å². The second kappa shape index (κ2) is 8.71. The van der Waals surface area contributed by atoms with E-state index in [0.717, 1.165) is 24.4 Å². The summed E-state index contributed by atoms with van der Waals surface area (Å²) in [7, 11) is 0. The van der Waals surface area contributed by atoms with Crippen LogP contribution in [0.15, 0.2) is 66.9 Å². The van der Waals surface area contributed by atoms with E-state index in [1.807, 2.05) is 0 Å². The zero-order valence-electron chi connectivity index (χ0n) is 17.8.